The third-order valence-electron chi connectivity index (χ3n) is 3.05. The van der Waals surface area contributed by atoms with E-state index in [1.54, 1.807) is 13.2 Å². The van der Waals surface area contributed by atoms with E-state index in [9.17, 15) is 0 Å². The van der Waals surface area contributed by atoms with Crippen LogP contribution in [0.25, 0.3) is 0 Å². The Labute approximate surface area is 128 Å². The van der Waals surface area contributed by atoms with Gasteiger partial charge in [0.15, 0.2) is 0 Å². The van der Waals surface area contributed by atoms with E-state index in [1.165, 1.54) is 0 Å². The second kappa shape index (κ2) is 6.11. The number of rotatable bonds is 4. The first-order chi connectivity index (χ1) is 9.56. The average Bonchev–Trinajstić information content (AvgIpc) is 2.45. The fourth-order valence-corrected chi connectivity index (χ4v) is 2.61. The van der Waals surface area contributed by atoms with Crippen molar-refractivity contribution in [3.05, 3.63) is 53.1 Å². The average molecular weight is 307 g/mol. The van der Waals surface area contributed by atoms with E-state index in [-0.39, 0.29) is 4.99 Å². The Morgan fingerprint density at radius 3 is 2.45 bits per heavy atom. The molecule has 3 nitrogen and oxygen atoms in total. The molecule has 0 saturated carbocycles. The molecule has 2 aromatic carbocycles. The van der Waals surface area contributed by atoms with E-state index in [2.05, 4.69) is 0 Å². The number of benzene rings is 2. The van der Waals surface area contributed by atoms with Gasteiger partial charge in [0.25, 0.3) is 0 Å². The molecule has 5 heteroatoms. The molecular weight excluding hydrogens is 292 g/mol. The number of para-hydroxylation sites is 2. The minimum atomic E-state index is 0.271. The molecule has 0 aliphatic heterocycles. The quantitative estimate of drug-likeness (QED) is 0.873. The smallest absolute Gasteiger partial charge is 0.142 e. The van der Waals surface area contributed by atoms with Crippen LogP contribution in [0.2, 0.25) is 5.02 Å². The molecule has 20 heavy (non-hydrogen) atoms. The summed E-state index contributed by atoms with van der Waals surface area (Å²) in [4.78, 5) is 2.23. The van der Waals surface area contributed by atoms with Crippen molar-refractivity contribution in [2.24, 2.45) is 5.73 Å². The molecule has 104 valence electrons. The maximum absolute atomic E-state index is 6.20. The maximum Gasteiger partial charge on any atom is 0.142 e. The van der Waals surface area contributed by atoms with Gasteiger partial charge >= 0.3 is 0 Å². The molecule has 2 aromatic rings. The number of thiocarbonyl (C=S) groups is 1. The number of ether oxygens (including phenoxy) is 1. The van der Waals surface area contributed by atoms with Gasteiger partial charge in [-0.25, -0.2) is 0 Å². The highest BCUT2D eigenvalue weighted by molar-refractivity contribution is 7.80. The van der Waals surface area contributed by atoms with Crippen LogP contribution < -0.4 is 15.4 Å². The van der Waals surface area contributed by atoms with Gasteiger partial charge in [0.1, 0.15) is 10.7 Å². The summed E-state index contributed by atoms with van der Waals surface area (Å²) in [6, 6.07) is 13.3. The topological polar surface area (TPSA) is 38.5 Å². The minimum Gasteiger partial charge on any atom is -0.495 e. The summed E-state index contributed by atoms with van der Waals surface area (Å²) in [6.07, 6.45) is 0. The molecule has 0 aliphatic carbocycles. The number of nitrogens with zero attached hydrogens (tertiary/aromatic N) is 1. The fourth-order valence-electron chi connectivity index (χ4n) is 2.07. The van der Waals surface area contributed by atoms with Gasteiger partial charge in [-0.2, -0.15) is 0 Å². The molecule has 0 radical (unpaired) electrons. The van der Waals surface area contributed by atoms with Crippen molar-refractivity contribution in [3.63, 3.8) is 0 Å². The molecule has 0 aromatic heterocycles. The monoisotopic (exact) mass is 306 g/mol. The van der Waals surface area contributed by atoms with Crippen molar-refractivity contribution in [1.82, 2.24) is 0 Å². The third kappa shape index (κ3) is 2.71. The zero-order valence-electron chi connectivity index (χ0n) is 11.3. The van der Waals surface area contributed by atoms with Crippen LogP contribution in [0.4, 0.5) is 11.4 Å². The van der Waals surface area contributed by atoms with E-state index in [0.29, 0.717) is 10.6 Å². The Bertz CT molecular complexity index is 646. The standard InChI is InChI=1S/C15H15ClN2OS/c1-18(11-7-3-4-9-13(11)19-2)12-8-5-6-10(16)14(12)15(17)20/h3-9H,1-2H3,(H2,17,20). The number of hydrogen-bond donors (Lipinski definition) is 1. The molecule has 0 aliphatic rings. The largest absolute Gasteiger partial charge is 0.495 e. The van der Waals surface area contributed by atoms with Gasteiger partial charge in [-0.3, -0.25) is 0 Å². The Kier molecular flexibility index (Phi) is 4.47. The molecular formula is C15H15ClN2OS. The molecule has 0 saturated heterocycles. The number of methoxy groups -OCH3 is 1. The summed E-state index contributed by atoms with van der Waals surface area (Å²) < 4.78 is 5.38. The first-order valence-electron chi connectivity index (χ1n) is 6.01. The van der Waals surface area contributed by atoms with Crippen LogP contribution in [0, 0.1) is 0 Å². The summed E-state index contributed by atoms with van der Waals surface area (Å²) in [7, 11) is 3.56. The van der Waals surface area contributed by atoms with Crippen molar-refractivity contribution in [2.75, 3.05) is 19.1 Å². The highest BCUT2D eigenvalue weighted by atomic mass is 35.5. The van der Waals surface area contributed by atoms with Gasteiger partial charge in [-0.1, -0.05) is 42.0 Å². The minimum absolute atomic E-state index is 0.271. The van der Waals surface area contributed by atoms with Gasteiger partial charge in [0.2, 0.25) is 0 Å². The first-order valence-corrected chi connectivity index (χ1v) is 6.80. The molecule has 0 atom stereocenters. The van der Waals surface area contributed by atoms with Crippen LogP contribution >= 0.6 is 23.8 Å². The highest BCUT2D eigenvalue weighted by Gasteiger charge is 2.16. The van der Waals surface area contributed by atoms with E-state index >= 15 is 0 Å². The van der Waals surface area contributed by atoms with Crippen molar-refractivity contribution in [3.8, 4) is 5.75 Å². The summed E-state index contributed by atoms with van der Waals surface area (Å²) in [6.45, 7) is 0. The van der Waals surface area contributed by atoms with Gasteiger partial charge in [-0.15, -0.1) is 0 Å². The second-order valence-electron chi connectivity index (χ2n) is 4.23. The van der Waals surface area contributed by atoms with E-state index in [1.807, 2.05) is 48.3 Å². The Morgan fingerprint density at radius 2 is 1.80 bits per heavy atom. The van der Waals surface area contributed by atoms with Gasteiger partial charge in [0.05, 0.1) is 29.1 Å². The molecule has 0 unspecified atom stereocenters. The number of anilines is 2. The fraction of sp³-hybridized carbons (Fsp3) is 0.133. The van der Waals surface area contributed by atoms with Crippen LogP contribution in [-0.4, -0.2) is 19.1 Å². The van der Waals surface area contributed by atoms with Crippen molar-refractivity contribution in [1.29, 1.82) is 0 Å². The van der Waals surface area contributed by atoms with Crippen molar-refractivity contribution in [2.45, 2.75) is 0 Å². The highest BCUT2D eigenvalue weighted by Crippen LogP contribution is 2.36. The van der Waals surface area contributed by atoms with Crippen LogP contribution in [-0.2, 0) is 0 Å². The first kappa shape index (κ1) is 14.6. The van der Waals surface area contributed by atoms with Crippen LogP contribution in [0.5, 0.6) is 5.75 Å². The maximum atomic E-state index is 6.20. The normalized spacial score (nSPS) is 10.2. The van der Waals surface area contributed by atoms with E-state index < -0.39 is 0 Å². The summed E-state index contributed by atoms with van der Waals surface area (Å²) >= 11 is 11.3. The number of hydrogen-bond acceptors (Lipinski definition) is 3. The molecule has 2 N–H and O–H groups in total. The lowest BCUT2D eigenvalue weighted by Crippen LogP contribution is -2.18. The summed E-state index contributed by atoms with van der Waals surface area (Å²) in [5.74, 6) is 0.767. The third-order valence-corrected chi connectivity index (χ3v) is 3.56. The zero-order valence-corrected chi connectivity index (χ0v) is 12.8. The van der Waals surface area contributed by atoms with Gasteiger partial charge in [0, 0.05) is 7.05 Å². The molecule has 0 fully saturated rings. The number of halogens is 1. The molecule has 2 rings (SSSR count). The Morgan fingerprint density at radius 1 is 1.15 bits per heavy atom. The summed E-state index contributed by atoms with van der Waals surface area (Å²) in [5, 5.41) is 0.539. The lowest BCUT2D eigenvalue weighted by atomic mass is 10.1. The molecule has 0 bridgehead atoms. The predicted octanol–water partition coefficient (Wildman–Crippen LogP) is 3.75. The van der Waals surface area contributed by atoms with Crippen LogP contribution in [0.15, 0.2) is 42.5 Å². The van der Waals surface area contributed by atoms with E-state index in [0.717, 1.165) is 17.1 Å². The lowest BCUT2D eigenvalue weighted by Gasteiger charge is -2.24. The lowest BCUT2D eigenvalue weighted by molar-refractivity contribution is 0.415. The number of nitrogens with two attached hydrogens (primary N) is 1. The predicted molar refractivity (Wildman–Crippen MR) is 88.4 cm³/mol. The van der Waals surface area contributed by atoms with Crippen molar-refractivity contribution < 1.29 is 4.74 Å². The van der Waals surface area contributed by atoms with Crippen LogP contribution in [0.1, 0.15) is 5.56 Å². The Balaban J connectivity index is 2.57. The molecule has 0 amide bonds. The second-order valence-corrected chi connectivity index (χ2v) is 5.08. The summed E-state index contributed by atoms with van der Waals surface area (Å²) in [5.41, 5.74) is 8.21. The molecule has 0 spiro atoms. The van der Waals surface area contributed by atoms with E-state index in [4.69, 9.17) is 34.3 Å². The SMILES string of the molecule is COc1ccccc1N(C)c1cccc(Cl)c1C(N)=S. The van der Waals surface area contributed by atoms with Crippen LogP contribution in [0.3, 0.4) is 0 Å². The molecule has 0 heterocycles. The zero-order chi connectivity index (χ0) is 14.7. The van der Waals surface area contributed by atoms with Gasteiger partial charge < -0.3 is 15.4 Å². The van der Waals surface area contributed by atoms with Crippen molar-refractivity contribution >= 4 is 40.2 Å². The Hall–Kier alpha value is -1.78. The van der Waals surface area contributed by atoms with Gasteiger partial charge in [-0.05, 0) is 24.3 Å².